The summed E-state index contributed by atoms with van der Waals surface area (Å²) in [6.45, 7) is 8.43. The van der Waals surface area contributed by atoms with E-state index in [0.717, 1.165) is 60.0 Å². The molecule has 0 aliphatic carbocycles. The van der Waals surface area contributed by atoms with Gasteiger partial charge < -0.3 is 9.31 Å². The van der Waals surface area contributed by atoms with E-state index in [1.807, 2.05) is 60.7 Å². The summed E-state index contributed by atoms with van der Waals surface area (Å²) in [5, 5.41) is 17.9. The van der Waals surface area contributed by atoms with Gasteiger partial charge in [-0.1, -0.05) is 339 Å². The van der Waals surface area contributed by atoms with Crippen LogP contribution in [0.4, 0.5) is 0 Å². The van der Waals surface area contributed by atoms with Gasteiger partial charge in [-0.05, 0) is 182 Å². The number of pyridine rings is 4. The van der Waals surface area contributed by atoms with Crippen LogP contribution in [0.5, 0.6) is 0 Å². The fourth-order valence-electron chi connectivity index (χ4n) is 15.8. The Labute approximate surface area is 661 Å². The van der Waals surface area contributed by atoms with E-state index in [1.54, 1.807) is 12.1 Å². The molecule has 4 aromatic heterocycles. The molecule has 0 amide bonds. The number of hydrogen-bond acceptors (Lipinski definition) is 6. The lowest BCUT2D eigenvalue weighted by Gasteiger charge is -2.32. The maximum atomic E-state index is 8.56. The number of aromatic nitrogens is 4. The first-order valence-corrected chi connectivity index (χ1v) is 37.5. The normalized spacial score (nSPS) is 14.5. The van der Waals surface area contributed by atoms with Gasteiger partial charge in [-0.3, -0.25) is 0 Å². The summed E-state index contributed by atoms with van der Waals surface area (Å²) in [4.78, 5) is 19.2. The van der Waals surface area contributed by atoms with Gasteiger partial charge in [0.25, 0.3) is 0 Å². The fraction of sp³-hybridized carbons (Fsp3) is 0.0588. The second kappa shape index (κ2) is 28.1. The van der Waals surface area contributed by atoms with Gasteiger partial charge in [0, 0.05) is 38.2 Å². The molecule has 5 heterocycles. The van der Waals surface area contributed by atoms with E-state index >= 15 is 0 Å². The molecule has 20 aromatic rings. The predicted octanol–water partition coefficient (Wildman–Crippen LogP) is 26.9. The molecule has 1 saturated heterocycles. The highest BCUT2D eigenvalue weighted by Gasteiger charge is 2.52. The highest BCUT2D eigenvalue weighted by Crippen LogP contribution is 2.49. The quantitative estimate of drug-likeness (QED) is 0.0653. The van der Waals surface area contributed by atoms with Crippen LogP contribution in [0.15, 0.2) is 368 Å². The minimum atomic E-state index is -0.430. The van der Waals surface area contributed by atoms with Crippen LogP contribution < -0.4 is 5.46 Å². The first-order valence-electron chi connectivity index (χ1n) is 41.7. The van der Waals surface area contributed by atoms with Crippen molar-refractivity contribution < 1.29 is 23.0 Å². The van der Waals surface area contributed by atoms with Crippen LogP contribution in [-0.2, 0) is 9.31 Å². The molecule has 0 bridgehead atoms. The predicted molar refractivity (Wildman–Crippen MR) is 467 cm³/mol. The van der Waals surface area contributed by atoms with Crippen molar-refractivity contribution in [2.45, 2.75) is 38.9 Å². The summed E-state index contributed by atoms with van der Waals surface area (Å²) < 4.78 is 95.0. The zero-order valence-corrected chi connectivity index (χ0v) is 62.0. The van der Waals surface area contributed by atoms with Crippen LogP contribution in [0.3, 0.4) is 0 Å². The summed E-state index contributed by atoms with van der Waals surface area (Å²) in [7, 11) is -0.414. The van der Waals surface area contributed by atoms with E-state index in [9.17, 15) is 0 Å². The van der Waals surface area contributed by atoms with E-state index in [-0.39, 0.29) is 59.5 Å². The zero-order valence-electron chi connectivity index (χ0n) is 70.4. The average molecular weight is 1490 g/mol. The van der Waals surface area contributed by atoms with Gasteiger partial charge in [0.2, 0.25) is 0 Å². The molecule has 0 spiro atoms. The molecule has 110 heavy (non-hydrogen) atoms. The highest BCUT2D eigenvalue weighted by atomic mass is 79.9. The Hall–Kier alpha value is -12.8. The fourth-order valence-corrected chi connectivity index (χ4v) is 16.1. The third-order valence-electron chi connectivity index (χ3n) is 21.7. The molecule has 16 aromatic carbocycles. The Morgan fingerprint density at radius 1 is 0.264 bits per heavy atom. The second-order valence-electron chi connectivity index (χ2n) is 28.6. The Balaban J connectivity index is 0.000000128. The van der Waals surface area contributed by atoms with Crippen LogP contribution in [0, 0.1) is 0 Å². The summed E-state index contributed by atoms with van der Waals surface area (Å²) in [5.41, 5.74) is 15.2. The van der Waals surface area contributed by atoms with Crippen LogP contribution in [0.25, 0.3) is 187 Å². The maximum absolute atomic E-state index is 8.56. The van der Waals surface area contributed by atoms with Crippen molar-refractivity contribution >= 4 is 137 Å². The Morgan fingerprint density at radius 2 is 0.555 bits per heavy atom. The molecule has 0 N–H and O–H groups in total. The number of hydrogen-bond donors (Lipinski definition) is 0. The number of rotatable bonds is 8. The molecule has 0 unspecified atom stereocenters. The second-order valence-corrected chi connectivity index (χ2v) is 29.4. The van der Waals surface area contributed by atoms with E-state index < -0.39 is 30.4 Å². The lowest BCUT2D eigenvalue weighted by molar-refractivity contribution is 0.00578. The molecule has 1 aliphatic heterocycles. The van der Waals surface area contributed by atoms with Gasteiger partial charge in [0.05, 0.1) is 64.1 Å². The summed E-state index contributed by atoms with van der Waals surface area (Å²) in [6, 6.07) is 102. The maximum Gasteiger partial charge on any atom is 0.495 e. The standard InChI is InChI=1S/C48H30N2.C36H31BO2.C18H11BrN2/c1-3-13-31(14-4-1)43-29-25-33-23-24-34-26-30-44(50-48(34)47(33)49-43)37-27-28-42(36-18-8-7-17-35(36)37)46-40-21-11-9-19-38(40)45(32-15-5-2-6-16-32)39-20-10-12-22-41(39)46;1-35(2)36(3,4)39-37(38-35)32-23-22-31(25-16-8-9-17-26(25)32)34-29-20-12-10-18-27(29)33(24-14-6-5-7-15-24)28-19-11-13-21-30(28)34;19-16-11-9-14-7-6-13-8-10-15(12-4-2-1-3-5-12)20-17(13)18(14)21-16/h1-30H;5-23H,1-4H3;1-11H/i1D,3D,4D,13D,14D;;1D,2D,3D,4D,5D. The van der Waals surface area contributed by atoms with Crippen molar-refractivity contribution in [3.05, 3.63) is 368 Å². The number of fused-ring (bicyclic) bond motifs is 12. The summed E-state index contributed by atoms with van der Waals surface area (Å²) >= 11 is 3.36. The lowest BCUT2D eigenvalue weighted by Crippen LogP contribution is -2.41. The largest absolute Gasteiger partial charge is 0.495 e. The van der Waals surface area contributed by atoms with E-state index in [2.05, 4.69) is 284 Å². The van der Waals surface area contributed by atoms with Crippen molar-refractivity contribution in [2.75, 3.05) is 0 Å². The molecule has 0 atom stereocenters. The van der Waals surface area contributed by atoms with Crippen molar-refractivity contribution in [1.29, 1.82) is 0 Å². The first kappa shape index (κ1) is 57.4. The smallest absolute Gasteiger partial charge is 0.399 e. The van der Waals surface area contributed by atoms with Crippen LogP contribution in [-0.4, -0.2) is 38.3 Å². The van der Waals surface area contributed by atoms with Crippen LogP contribution in [0.1, 0.15) is 41.4 Å². The van der Waals surface area contributed by atoms with Crippen molar-refractivity contribution in [3.8, 4) is 78.3 Å². The Morgan fingerprint density at radius 3 is 0.964 bits per heavy atom. The number of benzene rings is 16. The topological polar surface area (TPSA) is 70.0 Å². The monoisotopic (exact) mass is 1480 g/mol. The number of halogens is 1. The van der Waals surface area contributed by atoms with Crippen LogP contribution in [0.2, 0.25) is 0 Å². The summed E-state index contributed by atoms with van der Waals surface area (Å²) in [6.07, 6.45) is 0. The molecular formula is C102H72BBrN4O2. The lowest BCUT2D eigenvalue weighted by atomic mass is 9.74. The Bertz CT molecular complexity index is 7480. The van der Waals surface area contributed by atoms with Crippen molar-refractivity contribution in [2.24, 2.45) is 0 Å². The average Bonchev–Trinajstić information content (AvgIpc) is 0.939. The molecule has 0 saturated carbocycles. The highest BCUT2D eigenvalue weighted by molar-refractivity contribution is 9.10. The zero-order chi connectivity index (χ0) is 82.7. The van der Waals surface area contributed by atoms with E-state index in [0.29, 0.717) is 38.1 Å². The molecule has 522 valence electrons. The molecular weight excluding hydrogens is 1400 g/mol. The Kier molecular flexibility index (Phi) is 14.6. The van der Waals surface area contributed by atoms with Gasteiger partial charge in [0.15, 0.2) is 0 Å². The SMILES string of the molecule is CC1(C)OB(c2ccc(-c3c4ccccc4c(-c4ccccc4)c4ccccc34)c3ccccc23)OC1(C)C.[2H]c1c([2H])c([2H])c(-c2ccc3ccc4ccc(-c5ccc(-c6c7ccccc7c(-c7ccccc7)c7ccccc67)c6ccccc56)nc4c3n2)c([2H])c1[2H].[2H]c1c([2H])c([2H])c(-c2ccc3ccc4ccc(Br)nc4c3n2)c([2H])c1[2H]. The van der Waals surface area contributed by atoms with Gasteiger partial charge in [-0.25, -0.2) is 19.9 Å². The molecule has 0 radical (unpaired) electrons. The minimum absolute atomic E-state index is 0.0690. The third kappa shape index (κ3) is 12.1. The molecule has 1 fully saturated rings. The first-order chi connectivity index (χ1) is 58.1. The molecule has 8 heteroatoms. The van der Waals surface area contributed by atoms with Crippen molar-refractivity contribution in [1.82, 2.24) is 19.9 Å². The van der Waals surface area contributed by atoms with Gasteiger partial charge in [-0.2, -0.15) is 0 Å². The van der Waals surface area contributed by atoms with Gasteiger partial charge in [0.1, 0.15) is 4.60 Å². The van der Waals surface area contributed by atoms with Crippen LogP contribution >= 0.6 is 15.9 Å². The van der Waals surface area contributed by atoms with E-state index in [4.69, 9.17) is 33.0 Å². The molecule has 1 aliphatic rings. The van der Waals surface area contributed by atoms with E-state index in [1.165, 1.54) is 87.4 Å². The van der Waals surface area contributed by atoms with Crippen molar-refractivity contribution in [3.63, 3.8) is 0 Å². The third-order valence-corrected chi connectivity index (χ3v) is 22.2. The molecule has 6 nitrogen and oxygen atoms in total. The minimum Gasteiger partial charge on any atom is -0.399 e. The molecule has 21 rings (SSSR count). The number of nitrogens with zero attached hydrogens (tertiary/aromatic N) is 4. The summed E-state index contributed by atoms with van der Waals surface area (Å²) in [5.74, 6) is 0. The van der Waals surface area contributed by atoms with Gasteiger partial charge in [-0.15, -0.1) is 0 Å². The van der Waals surface area contributed by atoms with Gasteiger partial charge >= 0.3 is 7.12 Å².